The molecule has 0 bridgehead atoms. The summed E-state index contributed by atoms with van der Waals surface area (Å²) >= 11 is 9.59. The fourth-order valence-electron chi connectivity index (χ4n) is 2.21. The Morgan fingerprint density at radius 3 is 2.37 bits per heavy atom. The summed E-state index contributed by atoms with van der Waals surface area (Å²) in [6.07, 6.45) is 0. The van der Waals surface area contributed by atoms with Crippen LogP contribution >= 0.6 is 47.5 Å². The van der Waals surface area contributed by atoms with Crippen molar-refractivity contribution in [3.8, 4) is 0 Å². The van der Waals surface area contributed by atoms with Crippen molar-refractivity contribution in [3.05, 3.63) is 9.14 Å². The van der Waals surface area contributed by atoms with Gasteiger partial charge in [0.05, 0.1) is 20.6 Å². The van der Waals surface area contributed by atoms with E-state index in [4.69, 9.17) is 12.2 Å². The van der Waals surface area contributed by atoms with Crippen molar-refractivity contribution in [2.45, 2.75) is 17.4 Å². The van der Waals surface area contributed by atoms with Crippen molar-refractivity contribution in [1.82, 2.24) is 4.90 Å². The maximum absolute atomic E-state index is 12.2. The Morgan fingerprint density at radius 1 is 1.32 bits per heavy atom. The minimum absolute atomic E-state index is 0.0321. The largest absolute Gasteiger partial charge is 0.293 e. The van der Waals surface area contributed by atoms with Crippen molar-refractivity contribution in [1.29, 1.82) is 0 Å². The number of carbonyl (C=O) groups is 1. The quantitative estimate of drug-likeness (QED) is 0.525. The minimum atomic E-state index is -2.88. The van der Waals surface area contributed by atoms with Crippen LogP contribution < -0.4 is 0 Å². The second-order valence-corrected chi connectivity index (χ2v) is 11.0. The Morgan fingerprint density at radius 2 is 1.89 bits per heavy atom. The van der Waals surface area contributed by atoms with Gasteiger partial charge in [-0.3, -0.25) is 9.69 Å². The molecule has 0 aromatic rings. The number of hydrogen-bond donors (Lipinski definition) is 0. The smallest absolute Gasteiger partial charge is 0.267 e. The number of nitrogens with zero attached hydrogens (tertiary/aromatic N) is 1. The highest BCUT2D eigenvalue weighted by Crippen LogP contribution is 2.54. The van der Waals surface area contributed by atoms with E-state index in [2.05, 4.69) is 0 Å². The zero-order valence-corrected chi connectivity index (χ0v) is 14.1. The van der Waals surface area contributed by atoms with Crippen LogP contribution in [0.5, 0.6) is 0 Å². The van der Waals surface area contributed by atoms with Gasteiger partial charge in [0.1, 0.15) is 4.32 Å². The predicted molar refractivity (Wildman–Crippen MR) is 86.0 cm³/mol. The van der Waals surface area contributed by atoms with Crippen molar-refractivity contribution in [2.24, 2.45) is 0 Å². The van der Waals surface area contributed by atoms with E-state index in [1.54, 1.807) is 4.90 Å². The Hall–Kier alpha value is 0.300. The Labute approximate surface area is 130 Å². The van der Waals surface area contributed by atoms with Crippen LogP contribution in [0.25, 0.3) is 0 Å². The molecule has 0 aliphatic carbocycles. The lowest BCUT2D eigenvalue weighted by Crippen LogP contribution is -2.27. The zero-order valence-electron chi connectivity index (χ0n) is 9.99. The van der Waals surface area contributed by atoms with Crippen molar-refractivity contribution < 1.29 is 13.2 Å². The molecule has 19 heavy (non-hydrogen) atoms. The van der Waals surface area contributed by atoms with E-state index in [1.807, 2.05) is 6.92 Å². The van der Waals surface area contributed by atoms with Crippen LogP contribution in [0.1, 0.15) is 6.92 Å². The van der Waals surface area contributed by atoms with E-state index in [1.165, 1.54) is 35.3 Å². The highest BCUT2D eigenvalue weighted by Gasteiger charge is 2.46. The molecule has 3 aliphatic rings. The lowest BCUT2D eigenvalue weighted by atomic mass is 10.4. The zero-order chi connectivity index (χ0) is 13.8. The molecule has 0 unspecified atom stereocenters. The van der Waals surface area contributed by atoms with Gasteiger partial charge >= 0.3 is 0 Å². The van der Waals surface area contributed by atoms with Gasteiger partial charge in [0.25, 0.3) is 5.91 Å². The lowest BCUT2D eigenvalue weighted by molar-refractivity contribution is -0.122. The number of amides is 1. The fraction of sp³-hybridized carbons (Fsp3) is 0.600. The van der Waals surface area contributed by atoms with Crippen LogP contribution in [0.4, 0.5) is 0 Å². The average Bonchev–Trinajstić information content (AvgIpc) is 2.87. The van der Waals surface area contributed by atoms with Gasteiger partial charge in [-0.2, -0.15) is 0 Å². The van der Waals surface area contributed by atoms with Gasteiger partial charge in [-0.25, -0.2) is 8.42 Å². The maximum Gasteiger partial charge on any atom is 0.267 e. The summed E-state index contributed by atoms with van der Waals surface area (Å²) in [7, 11) is -2.88. The summed E-state index contributed by atoms with van der Waals surface area (Å²) in [5.74, 6) is 0.426. The first-order chi connectivity index (χ1) is 8.91. The first-order valence-electron chi connectivity index (χ1n) is 5.73. The molecule has 0 radical (unpaired) electrons. The summed E-state index contributed by atoms with van der Waals surface area (Å²) in [5, 5.41) is 0.185. The molecule has 3 rings (SSSR count). The first kappa shape index (κ1) is 14.2. The fourth-order valence-corrected chi connectivity index (χ4v) is 10.4. The van der Waals surface area contributed by atoms with E-state index < -0.39 is 9.84 Å². The standard InChI is InChI=1S/C10H11NO3S5/c1-2-11-8(12)7(18-10(11)15)9-16-5-3-19(13,14)4-6(5)17-9/h5-6H,2-4H2,1H3/t5-,6-/m1/s1. The summed E-state index contributed by atoms with van der Waals surface area (Å²) in [4.78, 5) is 14.5. The highest BCUT2D eigenvalue weighted by atomic mass is 32.2. The number of hydrogen-bond acceptors (Lipinski definition) is 7. The van der Waals surface area contributed by atoms with E-state index in [-0.39, 0.29) is 27.9 Å². The number of fused-ring (bicyclic) bond motifs is 1. The molecule has 0 N–H and O–H groups in total. The van der Waals surface area contributed by atoms with Crippen LogP contribution in [0.3, 0.4) is 0 Å². The second kappa shape index (κ2) is 4.94. The first-order valence-corrected chi connectivity index (χ1v) is 10.5. The third-order valence-corrected chi connectivity index (χ3v) is 10.2. The number of sulfone groups is 1. The van der Waals surface area contributed by atoms with Gasteiger partial charge < -0.3 is 0 Å². The van der Waals surface area contributed by atoms with Crippen LogP contribution in [-0.2, 0) is 14.6 Å². The third-order valence-electron chi connectivity index (χ3n) is 3.12. The van der Waals surface area contributed by atoms with Crippen molar-refractivity contribution in [2.75, 3.05) is 18.1 Å². The second-order valence-electron chi connectivity index (χ2n) is 4.42. The number of thioether (sulfide) groups is 3. The molecule has 0 saturated carbocycles. The summed E-state index contributed by atoms with van der Waals surface area (Å²) in [6.45, 7) is 2.48. The van der Waals surface area contributed by atoms with Crippen molar-refractivity contribution in [3.63, 3.8) is 0 Å². The van der Waals surface area contributed by atoms with Gasteiger partial charge in [-0.1, -0.05) is 24.0 Å². The topological polar surface area (TPSA) is 54.5 Å². The SMILES string of the molecule is CCN1C(=O)C(=C2S[C@@H]3CS(=O)(=O)C[C@H]3S2)SC1=S. The van der Waals surface area contributed by atoms with Crippen LogP contribution in [0, 0.1) is 0 Å². The average molecular weight is 354 g/mol. The van der Waals surface area contributed by atoms with Crippen molar-refractivity contribution >= 4 is 67.6 Å². The Bertz CT molecular complexity index is 574. The third kappa shape index (κ3) is 2.48. The molecule has 0 aromatic carbocycles. The Kier molecular flexibility index (Phi) is 3.70. The van der Waals surface area contributed by atoms with Gasteiger partial charge in [-0.05, 0) is 6.92 Å². The molecule has 0 aromatic heterocycles. The van der Waals surface area contributed by atoms with Gasteiger partial charge in [-0.15, -0.1) is 23.5 Å². The summed E-state index contributed by atoms with van der Waals surface area (Å²) in [5.41, 5.74) is 0. The monoisotopic (exact) mass is 353 g/mol. The van der Waals surface area contributed by atoms with Gasteiger partial charge in [0.2, 0.25) is 0 Å². The molecular weight excluding hydrogens is 342 g/mol. The minimum Gasteiger partial charge on any atom is -0.293 e. The number of likely N-dealkylation sites (N-methyl/N-ethyl adjacent to an activating group) is 1. The van der Waals surface area contributed by atoms with E-state index in [9.17, 15) is 13.2 Å². The predicted octanol–water partition coefficient (Wildman–Crippen LogP) is 1.68. The van der Waals surface area contributed by atoms with Crippen LogP contribution in [0.15, 0.2) is 9.14 Å². The molecule has 3 saturated heterocycles. The molecule has 2 atom stereocenters. The number of carbonyl (C=O) groups excluding carboxylic acids is 1. The molecule has 3 fully saturated rings. The van der Waals surface area contributed by atoms with E-state index in [0.29, 0.717) is 15.8 Å². The number of rotatable bonds is 1. The molecule has 104 valence electrons. The molecule has 4 nitrogen and oxygen atoms in total. The molecule has 3 heterocycles. The lowest BCUT2D eigenvalue weighted by Gasteiger charge is -2.10. The van der Waals surface area contributed by atoms with Crippen LogP contribution in [-0.4, -0.2) is 52.1 Å². The maximum atomic E-state index is 12.2. The molecule has 1 amide bonds. The molecular formula is C10H11NO3S5. The normalized spacial score (nSPS) is 33.4. The molecule has 3 aliphatic heterocycles. The van der Waals surface area contributed by atoms with E-state index >= 15 is 0 Å². The highest BCUT2D eigenvalue weighted by molar-refractivity contribution is 8.30. The Balaban J connectivity index is 1.85. The molecule has 0 spiro atoms. The van der Waals surface area contributed by atoms with Gasteiger partial charge in [0.15, 0.2) is 9.84 Å². The van der Waals surface area contributed by atoms with E-state index in [0.717, 1.165) is 4.24 Å². The van der Waals surface area contributed by atoms with Gasteiger partial charge in [0, 0.05) is 17.0 Å². The number of thiocarbonyl (C=S) groups is 1. The summed E-state index contributed by atoms with van der Waals surface area (Å²) < 4.78 is 24.6. The summed E-state index contributed by atoms with van der Waals surface area (Å²) in [6, 6.07) is 0. The molecule has 9 heteroatoms. The van der Waals surface area contributed by atoms with Crippen LogP contribution in [0.2, 0.25) is 0 Å².